The fourth-order valence-electron chi connectivity index (χ4n) is 3.69. The second-order valence-electron chi connectivity index (χ2n) is 7.90. The lowest BCUT2D eigenvalue weighted by molar-refractivity contribution is -0.187. The molecule has 0 heterocycles. The van der Waals surface area contributed by atoms with E-state index in [1.807, 2.05) is 0 Å². The van der Waals surface area contributed by atoms with Crippen LogP contribution in [0.4, 0.5) is 0 Å². The van der Waals surface area contributed by atoms with E-state index in [0.717, 1.165) is 0 Å². The first-order valence-corrected chi connectivity index (χ1v) is 10.3. The van der Waals surface area contributed by atoms with Gasteiger partial charge in [0.25, 0.3) is 0 Å². The van der Waals surface area contributed by atoms with E-state index in [1.54, 1.807) is 0 Å². The summed E-state index contributed by atoms with van der Waals surface area (Å²) in [6, 6.07) is 7.16. The highest BCUT2D eigenvalue weighted by atomic mass is 16.6. The van der Waals surface area contributed by atoms with Crippen LogP contribution in [0.5, 0.6) is 23.0 Å². The molecule has 1 aliphatic rings. The first-order valence-electron chi connectivity index (χ1n) is 10.3. The van der Waals surface area contributed by atoms with Crippen LogP contribution in [0.25, 0.3) is 0 Å². The van der Waals surface area contributed by atoms with Gasteiger partial charge in [-0.05, 0) is 36.4 Å². The van der Waals surface area contributed by atoms with Gasteiger partial charge in [0.15, 0.2) is 34.7 Å². The molecular formula is C23H24O12. The van der Waals surface area contributed by atoms with Gasteiger partial charge < -0.3 is 44.5 Å². The third-order valence-corrected chi connectivity index (χ3v) is 5.56. The molecule has 0 radical (unpaired) electrons. The molecular weight excluding hydrogens is 468 g/mol. The summed E-state index contributed by atoms with van der Waals surface area (Å²) in [5, 5.41) is 49.9. The van der Waals surface area contributed by atoms with Crippen LogP contribution in [0, 0.1) is 0 Å². The van der Waals surface area contributed by atoms with Gasteiger partial charge in [-0.15, -0.1) is 0 Å². The Morgan fingerprint density at radius 1 is 0.857 bits per heavy atom. The van der Waals surface area contributed by atoms with E-state index < -0.39 is 54.7 Å². The molecule has 12 heteroatoms. The molecule has 12 nitrogen and oxygen atoms in total. The summed E-state index contributed by atoms with van der Waals surface area (Å²) in [7, 11) is 2.54. The van der Waals surface area contributed by atoms with Gasteiger partial charge in [0.2, 0.25) is 0 Å². The summed E-state index contributed by atoms with van der Waals surface area (Å²) in [4.78, 5) is 37.1. The Kier molecular flexibility index (Phi) is 7.37. The van der Waals surface area contributed by atoms with Crippen LogP contribution in [0.1, 0.15) is 33.6 Å². The van der Waals surface area contributed by atoms with Crippen LogP contribution in [-0.2, 0) is 14.3 Å². The summed E-state index contributed by atoms with van der Waals surface area (Å²) in [6.45, 7) is 0. The van der Waals surface area contributed by atoms with Gasteiger partial charge in [-0.25, -0.2) is 14.4 Å². The topological polar surface area (TPSA) is 189 Å². The molecule has 0 unspecified atom stereocenters. The van der Waals surface area contributed by atoms with Gasteiger partial charge in [0, 0.05) is 12.8 Å². The van der Waals surface area contributed by atoms with Crippen LogP contribution in [0.2, 0.25) is 0 Å². The number of rotatable bonds is 7. The molecule has 0 bridgehead atoms. The van der Waals surface area contributed by atoms with Crippen LogP contribution >= 0.6 is 0 Å². The van der Waals surface area contributed by atoms with Crippen molar-refractivity contribution in [2.24, 2.45) is 0 Å². The third kappa shape index (κ3) is 5.39. The number of aliphatic carboxylic acids is 1. The van der Waals surface area contributed by atoms with E-state index in [9.17, 15) is 39.9 Å². The number of ether oxygens (including phenoxy) is 4. The second-order valence-corrected chi connectivity index (χ2v) is 7.90. The number of phenols is 2. The van der Waals surface area contributed by atoms with Crippen molar-refractivity contribution >= 4 is 17.9 Å². The number of carbonyl (C=O) groups is 3. The fourth-order valence-corrected chi connectivity index (χ4v) is 3.69. The van der Waals surface area contributed by atoms with E-state index in [-0.39, 0.29) is 34.1 Å². The number of carboxylic acid groups (broad SMARTS) is 1. The molecule has 4 atom stereocenters. The van der Waals surface area contributed by atoms with Gasteiger partial charge in [-0.1, -0.05) is 0 Å². The van der Waals surface area contributed by atoms with Gasteiger partial charge in [-0.3, -0.25) is 0 Å². The summed E-state index contributed by atoms with van der Waals surface area (Å²) in [6.07, 6.45) is -6.18. The maximum Gasteiger partial charge on any atom is 0.338 e. The average Bonchev–Trinajstić information content (AvgIpc) is 2.81. The second kappa shape index (κ2) is 10.1. The number of aliphatic hydroxyl groups is 2. The summed E-state index contributed by atoms with van der Waals surface area (Å²) in [5.41, 5.74) is -2.62. The molecule has 2 aromatic rings. The standard InChI is InChI=1S/C23H24O12/c1-32-16-7-11(3-5-13(16)24)20(27)34-18-10-23(31,22(29)30)9-15(26)19(18)35-21(28)12-4-6-14(25)17(8-12)33-2/h3-8,15,18-19,24-26,31H,9-10H2,1-2H3,(H,29,30)/t15-,18-,19-,23+/m1/s1. The highest BCUT2D eigenvalue weighted by Crippen LogP contribution is 2.35. The van der Waals surface area contributed by atoms with E-state index in [0.29, 0.717) is 0 Å². The number of esters is 2. The van der Waals surface area contributed by atoms with Crippen LogP contribution in [-0.4, -0.2) is 81.6 Å². The number of aliphatic hydroxyl groups excluding tert-OH is 1. The van der Waals surface area contributed by atoms with Gasteiger partial charge >= 0.3 is 17.9 Å². The molecule has 188 valence electrons. The van der Waals surface area contributed by atoms with Crippen LogP contribution < -0.4 is 9.47 Å². The number of carbonyl (C=O) groups excluding carboxylic acids is 2. The molecule has 35 heavy (non-hydrogen) atoms. The molecule has 0 aromatic heterocycles. The lowest BCUT2D eigenvalue weighted by Gasteiger charge is -2.40. The molecule has 0 amide bonds. The first kappa shape index (κ1) is 25.6. The average molecular weight is 492 g/mol. The summed E-state index contributed by atoms with van der Waals surface area (Å²) >= 11 is 0. The zero-order valence-electron chi connectivity index (χ0n) is 18.7. The van der Waals surface area contributed by atoms with Crippen molar-refractivity contribution < 1.29 is 58.9 Å². The Balaban J connectivity index is 1.88. The third-order valence-electron chi connectivity index (χ3n) is 5.56. The van der Waals surface area contributed by atoms with Crippen molar-refractivity contribution in [3.8, 4) is 23.0 Å². The zero-order valence-corrected chi connectivity index (χ0v) is 18.7. The maximum absolute atomic E-state index is 12.7. The minimum Gasteiger partial charge on any atom is -0.504 e. The monoisotopic (exact) mass is 492 g/mol. The molecule has 0 spiro atoms. The Morgan fingerprint density at radius 2 is 1.34 bits per heavy atom. The quantitative estimate of drug-likeness (QED) is 0.343. The van der Waals surface area contributed by atoms with Crippen molar-refractivity contribution in [2.45, 2.75) is 36.8 Å². The molecule has 3 rings (SSSR count). The number of hydrogen-bond donors (Lipinski definition) is 5. The van der Waals surface area contributed by atoms with Crippen molar-refractivity contribution in [1.82, 2.24) is 0 Å². The number of methoxy groups -OCH3 is 2. The van der Waals surface area contributed by atoms with Crippen molar-refractivity contribution in [2.75, 3.05) is 14.2 Å². The predicted octanol–water partition coefficient (Wildman–Crippen LogP) is 0.836. The van der Waals surface area contributed by atoms with E-state index in [4.69, 9.17) is 18.9 Å². The smallest absolute Gasteiger partial charge is 0.338 e. The van der Waals surface area contributed by atoms with Crippen LogP contribution in [0.15, 0.2) is 36.4 Å². The SMILES string of the molecule is COc1cc(C(=O)O[C@@H]2[C@H](O)C[C@@](O)(C(=O)O)C[C@H]2OC(=O)c2ccc(O)c(OC)c2)ccc1O. The highest BCUT2D eigenvalue weighted by Gasteiger charge is 2.52. The molecule has 5 N–H and O–H groups in total. The Labute approximate surface area is 198 Å². The number of carboxylic acids is 1. The Bertz CT molecular complexity index is 1130. The molecule has 0 saturated heterocycles. The number of hydrogen-bond acceptors (Lipinski definition) is 11. The molecule has 1 saturated carbocycles. The van der Waals surface area contributed by atoms with Gasteiger partial charge in [-0.2, -0.15) is 0 Å². The van der Waals surface area contributed by atoms with E-state index in [1.165, 1.54) is 50.6 Å². The Hall–Kier alpha value is -4.03. The maximum atomic E-state index is 12.7. The lowest BCUT2D eigenvalue weighted by Crippen LogP contribution is -2.58. The van der Waals surface area contributed by atoms with Crippen molar-refractivity contribution in [1.29, 1.82) is 0 Å². The van der Waals surface area contributed by atoms with Crippen molar-refractivity contribution in [3.63, 3.8) is 0 Å². The van der Waals surface area contributed by atoms with Gasteiger partial charge in [0.1, 0.15) is 6.10 Å². The Morgan fingerprint density at radius 3 is 1.80 bits per heavy atom. The van der Waals surface area contributed by atoms with E-state index in [2.05, 4.69) is 0 Å². The number of phenolic OH excluding ortho intramolecular Hbond substituents is 2. The number of benzene rings is 2. The minimum absolute atomic E-state index is 0.0202. The summed E-state index contributed by atoms with van der Waals surface area (Å²) < 4.78 is 20.6. The van der Waals surface area contributed by atoms with Gasteiger partial charge in [0.05, 0.1) is 31.5 Å². The fraction of sp³-hybridized carbons (Fsp3) is 0.348. The zero-order chi connectivity index (χ0) is 25.9. The predicted molar refractivity (Wildman–Crippen MR) is 116 cm³/mol. The molecule has 0 aliphatic heterocycles. The van der Waals surface area contributed by atoms with Crippen LogP contribution in [0.3, 0.4) is 0 Å². The molecule has 1 fully saturated rings. The molecule has 1 aliphatic carbocycles. The largest absolute Gasteiger partial charge is 0.504 e. The summed E-state index contributed by atoms with van der Waals surface area (Å²) in [5.74, 6) is -4.18. The molecule has 2 aromatic carbocycles. The van der Waals surface area contributed by atoms with E-state index >= 15 is 0 Å². The number of aromatic hydroxyl groups is 2. The normalized spacial score (nSPS) is 23.7. The minimum atomic E-state index is -2.46. The first-order chi connectivity index (χ1) is 16.5. The highest BCUT2D eigenvalue weighted by molar-refractivity contribution is 5.91. The van der Waals surface area contributed by atoms with Crippen molar-refractivity contribution in [3.05, 3.63) is 47.5 Å². The lowest BCUT2D eigenvalue weighted by atomic mass is 9.79.